The molecule has 2 atom stereocenters. The van der Waals surface area contributed by atoms with Gasteiger partial charge in [-0.25, -0.2) is 8.42 Å². The Morgan fingerprint density at radius 3 is 2.33 bits per heavy atom. The highest BCUT2D eigenvalue weighted by Crippen LogP contribution is 2.34. The summed E-state index contributed by atoms with van der Waals surface area (Å²) in [6, 6.07) is 7.97. The van der Waals surface area contributed by atoms with E-state index in [1.54, 1.807) is 18.2 Å². The van der Waals surface area contributed by atoms with E-state index in [0.717, 1.165) is 0 Å². The molecule has 0 N–H and O–H groups in total. The van der Waals surface area contributed by atoms with Gasteiger partial charge in [0, 0.05) is 26.2 Å². The Hall–Kier alpha value is -1.61. The monoisotopic (exact) mass is 404 g/mol. The van der Waals surface area contributed by atoms with Gasteiger partial charge in [-0.05, 0) is 37.8 Å². The number of rotatable bonds is 3. The number of nitrogens with zero attached hydrogens (tertiary/aromatic N) is 2. The summed E-state index contributed by atoms with van der Waals surface area (Å²) < 4.78 is 65.8. The number of hydrogen-bond donors (Lipinski definition) is 0. The van der Waals surface area contributed by atoms with Gasteiger partial charge in [0.2, 0.25) is 15.9 Å². The van der Waals surface area contributed by atoms with Crippen molar-refractivity contribution in [3.63, 3.8) is 0 Å². The third-order valence-corrected chi connectivity index (χ3v) is 7.19. The van der Waals surface area contributed by atoms with E-state index in [-0.39, 0.29) is 30.3 Å². The number of sulfonamides is 1. The summed E-state index contributed by atoms with van der Waals surface area (Å²) in [4.78, 5) is 14.2. The van der Waals surface area contributed by atoms with E-state index < -0.39 is 28.0 Å². The van der Waals surface area contributed by atoms with Crippen LogP contribution in [-0.2, 0) is 14.8 Å². The van der Waals surface area contributed by atoms with Crippen LogP contribution >= 0.6 is 0 Å². The van der Waals surface area contributed by atoms with Crippen LogP contribution in [0.4, 0.5) is 13.2 Å². The maximum absolute atomic E-state index is 13.0. The molecule has 0 spiro atoms. The molecule has 2 heterocycles. The first-order valence-corrected chi connectivity index (χ1v) is 10.5. The molecule has 2 fully saturated rings. The van der Waals surface area contributed by atoms with E-state index in [1.165, 1.54) is 21.3 Å². The summed E-state index contributed by atoms with van der Waals surface area (Å²) in [6.07, 6.45) is -2.96. The Bertz CT molecular complexity index is 768. The normalized spacial score (nSPS) is 25.4. The van der Waals surface area contributed by atoms with Gasteiger partial charge >= 0.3 is 6.18 Å². The molecule has 0 unspecified atom stereocenters. The highest BCUT2D eigenvalue weighted by molar-refractivity contribution is 7.89. The fourth-order valence-electron chi connectivity index (χ4n) is 3.81. The Morgan fingerprint density at radius 2 is 1.67 bits per heavy atom. The quantitative estimate of drug-likeness (QED) is 0.779. The second-order valence-corrected chi connectivity index (χ2v) is 9.12. The van der Waals surface area contributed by atoms with Crippen molar-refractivity contribution < 1.29 is 26.4 Å². The van der Waals surface area contributed by atoms with Gasteiger partial charge in [0.15, 0.2) is 0 Å². The van der Waals surface area contributed by atoms with Gasteiger partial charge in [0.05, 0.1) is 16.7 Å². The smallest absolute Gasteiger partial charge is 0.342 e. The molecular weight excluding hydrogens is 381 g/mol. The van der Waals surface area contributed by atoms with Crippen LogP contribution in [-0.4, -0.2) is 55.9 Å². The van der Waals surface area contributed by atoms with Gasteiger partial charge in [-0.15, -0.1) is 0 Å². The lowest BCUT2D eigenvalue weighted by molar-refractivity contribution is -0.188. The van der Waals surface area contributed by atoms with Gasteiger partial charge in [-0.1, -0.05) is 18.2 Å². The molecular formula is C18H23F3N2O3S. The summed E-state index contributed by atoms with van der Waals surface area (Å²) in [6.45, 7) is 0.299. The molecule has 0 saturated carbocycles. The lowest BCUT2D eigenvalue weighted by Gasteiger charge is -2.38. The number of benzene rings is 1. The van der Waals surface area contributed by atoms with Crippen LogP contribution < -0.4 is 0 Å². The van der Waals surface area contributed by atoms with Crippen LogP contribution in [0.3, 0.4) is 0 Å². The maximum Gasteiger partial charge on any atom is 0.393 e. The Balaban J connectivity index is 1.70. The number of carbonyl (C=O) groups is 1. The van der Waals surface area contributed by atoms with Crippen molar-refractivity contribution in [3.8, 4) is 0 Å². The maximum atomic E-state index is 13.0. The lowest BCUT2D eigenvalue weighted by atomic mass is 9.93. The molecule has 2 saturated heterocycles. The molecule has 0 radical (unpaired) electrons. The molecule has 0 bridgehead atoms. The summed E-state index contributed by atoms with van der Waals surface area (Å²) in [5.74, 6) is -2.45. The molecule has 5 nitrogen and oxygen atoms in total. The Labute approximate surface area is 157 Å². The molecule has 0 aliphatic carbocycles. The Morgan fingerprint density at radius 1 is 1.00 bits per heavy atom. The highest BCUT2D eigenvalue weighted by atomic mass is 32.2. The topological polar surface area (TPSA) is 57.7 Å². The standard InChI is InChI=1S/C18H23F3N2O3S/c19-18(20,21)15-7-5-10-22(13-15)17(24)14-6-4-11-23(12-14)27(25,26)16-8-2-1-3-9-16/h1-3,8-9,14-15H,4-7,10-13H2/t14-,15+/m0/s1. The molecule has 27 heavy (non-hydrogen) atoms. The Kier molecular flexibility index (Phi) is 5.81. The molecule has 1 amide bonds. The zero-order chi connectivity index (χ0) is 19.7. The van der Waals surface area contributed by atoms with Crippen molar-refractivity contribution >= 4 is 15.9 Å². The number of piperidine rings is 2. The molecule has 1 aromatic rings. The van der Waals surface area contributed by atoms with E-state index in [9.17, 15) is 26.4 Å². The first kappa shape index (κ1) is 20.1. The predicted molar refractivity (Wildman–Crippen MR) is 93.3 cm³/mol. The van der Waals surface area contributed by atoms with Gasteiger partial charge in [-0.3, -0.25) is 4.79 Å². The van der Waals surface area contributed by atoms with E-state index in [4.69, 9.17) is 0 Å². The minimum absolute atomic E-state index is 0.0171. The first-order valence-electron chi connectivity index (χ1n) is 9.10. The zero-order valence-electron chi connectivity index (χ0n) is 14.9. The first-order chi connectivity index (χ1) is 12.7. The van der Waals surface area contributed by atoms with E-state index in [1.807, 2.05) is 0 Å². The summed E-state index contributed by atoms with van der Waals surface area (Å²) in [7, 11) is -3.71. The summed E-state index contributed by atoms with van der Waals surface area (Å²) >= 11 is 0. The van der Waals surface area contributed by atoms with Crippen molar-refractivity contribution in [1.82, 2.24) is 9.21 Å². The van der Waals surface area contributed by atoms with Crippen LogP contribution in [0, 0.1) is 11.8 Å². The molecule has 0 aromatic heterocycles. The van der Waals surface area contributed by atoms with Gasteiger partial charge in [-0.2, -0.15) is 17.5 Å². The number of alkyl halides is 3. The average molecular weight is 404 g/mol. The van der Waals surface area contributed by atoms with Crippen LogP contribution in [0.15, 0.2) is 35.2 Å². The predicted octanol–water partition coefficient (Wildman–Crippen LogP) is 2.89. The molecule has 2 aliphatic heterocycles. The van der Waals surface area contributed by atoms with Crippen molar-refractivity contribution in [3.05, 3.63) is 30.3 Å². The fourth-order valence-corrected chi connectivity index (χ4v) is 5.35. The van der Waals surface area contributed by atoms with E-state index in [0.29, 0.717) is 32.4 Å². The minimum Gasteiger partial charge on any atom is -0.342 e. The second kappa shape index (κ2) is 7.79. The van der Waals surface area contributed by atoms with Crippen molar-refractivity contribution in [1.29, 1.82) is 0 Å². The third-order valence-electron chi connectivity index (χ3n) is 5.31. The summed E-state index contributed by atoms with van der Waals surface area (Å²) in [5.41, 5.74) is 0. The van der Waals surface area contributed by atoms with Crippen LogP contribution in [0.5, 0.6) is 0 Å². The number of halogens is 3. The van der Waals surface area contributed by atoms with Crippen LogP contribution in [0.25, 0.3) is 0 Å². The van der Waals surface area contributed by atoms with Crippen LogP contribution in [0.1, 0.15) is 25.7 Å². The number of hydrogen-bond acceptors (Lipinski definition) is 3. The SMILES string of the molecule is O=C([C@H]1CCCN(S(=O)(=O)c2ccccc2)C1)N1CCC[C@@H](C(F)(F)F)C1. The second-order valence-electron chi connectivity index (χ2n) is 7.18. The molecule has 1 aromatic carbocycles. The van der Waals surface area contributed by atoms with Gasteiger partial charge < -0.3 is 4.90 Å². The number of carbonyl (C=O) groups excluding carboxylic acids is 1. The number of likely N-dealkylation sites (tertiary alicyclic amines) is 1. The highest BCUT2D eigenvalue weighted by Gasteiger charge is 2.44. The largest absolute Gasteiger partial charge is 0.393 e. The fraction of sp³-hybridized carbons (Fsp3) is 0.611. The van der Waals surface area contributed by atoms with Crippen LogP contribution in [0.2, 0.25) is 0 Å². The van der Waals surface area contributed by atoms with Gasteiger partial charge in [0.25, 0.3) is 0 Å². The van der Waals surface area contributed by atoms with Gasteiger partial charge in [0.1, 0.15) is 0 Å². The average Bonchev–Trinajstić information content (AvgIpc) is 2.67. The molecule has 9 heteroatoms. The van der Waals surface area contributed by atoms with Crippen molar-refractivity contribution in [2.45, 2.75) is 36.8 Å². The minimum atomic E-state index is -4.31. The summed E-state index contributed by atoms with van der Waals surface area (Å²) in [5, 5.41) is 0. The number of amides is 1. The molecule has 2 aliphatic rings. The van der Waals surface area contributed by atoms with Crippen molar-refractivity contribution in [2.24, 2.45) is 11.8 Å². The van der Waals surface area contributed by atoms with E-state index >= 15 is 0 Å². The molecule has 3 rings (SSSR count). The third kappa shape index (κ3) is 4.45. The molecule has 150 valence electrons. The van der Waals surface area contributed by atoms with Crippen molar-refractivity contribution in [2.75, 3.05) is 26.2 Å². The lowest BCUT2D eigenvalue weighted by Crippen LogP contribution is -2.50. The zero-order valence-corrected chi connectivity index (χ0v) is 15.7. The van der Waals surface area contributed by atoms with E-state index in [2.05, 4.69) is 0 Å².